The zero-order valence-corrected chi connectivity index (χ0v) is 14.1. The number of carbonyl (C=O) groups excluding carboxylic acids is 1. The highest BCUT2D eigenvalue weighted by Gasteiger charge is 2.19. The summed E-state index contributed by atoms with van der Waals surface area (Å²) in [6.07, 6.45) is 3.29. The predicted molar refractivity (Wildman–Crippen MR) is 98.0 cm³/mol. The minimum Gasteiger partial charge on any atom is -0.316 e. The van der Waals surface area contributed by atoms with Crippen LogP contribution in [0.15, 0.2) is 73.1 Å². The highest BCUT2D eigenvalue weighted by molar-refractivity contribution is 6.01. The summed E-state index contributed by atoms with van der Waals surface area (Å²) in [4.78, 5) is 17.0. The van der Waals surface area contributed by atoms with Crippen LogP contribution in [-0.4, -0.2) is 30.5 Å². The monoisotopic (exact) mass is 344 g/mol. The van der Waals surface area contributed by atoms with Gasteiger partial charge in [0, 0.05) is 18.8 Å². The first-order chi connectivity index (χ1) is 12.7. The fraction of sp³-hybridized carbons (Fsp3) is 0.0526. The van der Waals surface area contributed by atoms with E-state index in [0.717, 1.165) is 11.3 Å². The van der Waals surface area contributed by atoms with E-state index >= 15 is 0 Å². The summed E-state index contributed by atoms with van der Waals surface area (Å²) in [7, 11) is 1.78. The number of aryl methyl sites for hydroxylation is 1. The quantitative estimate of drug-likeness (QED) is 0.617. The molecule has 4 rings (SSSR count). The summed E-state index contributed by atoms with van der Waals surface area (Å²) in [5.74, 6) is 0.314. The van der Waals surface area contributed by atoms with Crippen LogP contribution < -0.4 is 5.32 Å². The molecule has 0 aliphatic heterocycles. The molecule has 0 atom stereocenters. The van der Waals surface area contributed by atoms with Gasteiger partial charge in [0.25, 0.3) is 5.91 Å². The van der Waals surface area contributed by atoms with Crippen molar-refractivity contribution in [2.24, 2.45) is 7.05 Å². The molecule has 0 aliphatic carbocycles. The van der Waals surface area contributed by atoms with Crippen LogP contribution in [0, 0.1) is 0 Å². The molecule has 0 aliphatic rings. The number of carbonyl (C=O) groups is 1. The smallest absolute Gasteiger partial charge is 0.295 e. The molecule has 7 heteroatoms. The average Bonchev–Trinajstić information content (AvgIpc) is 3.30. The largest absolute Gasteiger partial charge is 0.316 e. The summed E-state index contributed by atoms with van der Waals surface area (Å²) >= 11 is 0. The molecule has 1 amide bonds. The highest BCUT2D eigenvalue weighted by atomic mass is 16.2. The normalized spacial score (nSPS) is 10.7. The molecule has 0 saturated carbocycles. The Morgan fingerprint density at radius 1 is 1.00 bits per heavy atom. The third kappa shape index (κ3) is 3.10. The maximum atomic E-state index is 12.6. The minimum atomic E-state index is -0.384. The van der Waals surface area contributed by atoms with Crippen molar-refractivity contribution in [1.29, 1.82) is 0 Å². The van der Waals surface area contributed by atoms with Gasteiger partial charge in [0.05, 0.1) is 17.6 Å². The van der Waals surface area contributed by atoms with E-state index in [9.17, 15) is 4.79 Å². The van der Waals surface area contributed by atoms with Gasteiger partial charge >= 0.3 is 0 Å². The molecule has 0 unspecified atom stereocenters. The average molecular weight is 344 g/mol. The lowest BCUT2D eigenvalue weighted by Crippen LogP contribution is -2.13. The number of aromatic nitrogens is 5. The third-order valence-corrected chi connectivity index (χ3v) is 3.81. The number of anilines is 1. The van der Waals surface area contributed by atoms with E-state index < -0.39 is 0 Å². The molecular weight excluding hydrogens is 328 g/mol. The number of rotatable bonds is 4. The highest BCUT2D eigenvalue weighted by Crippen LogP contribution is 2.21. The lowest BCUT2D eigenvalue weighted by molar-refractivity contribution is 0.101. The zero-order valence-electron chi connectivity index (χ0n) is 14.1. The standard InChI is InChI=1S/C19H16N6O/c1-24-13-15(12-20-24)21-19(26)17-22-18(14-8-4-2-5-9-14)25(23-17)16-10-6-3-7-11-16/h2-13H,1H3,(H,21,26). The molecule has 2 aromatic carbocycles. The molecule has 26 heavy (non-hydrogen) atoms. The van der Waals surface area contributed by atoms with Crippen LogP contribution >= 0.6 is 0 Å². The molecule has 2 heterocycles. The Labute approximate surface area is 149 Å². The minimum absolute atomic E-state index is 0.0940. The Morgan fingerprint density at radius 3 is 2.35 bits per heavy atom. The van der Waals surface area contributed by atoms with Gasteiger partial charge in [-0.05, 0) is 12.1 Å². The molecule has 2 aromatic heterocycles. The van der Waals surface area contributed by atoms with E-state index in [1.807, 2.05) is 60.7 Å². The molecule has 0 saturated heterocycles. The van der Waals surface area contributed by atoms with Crippen molar-refractivity contribution in [3.8, 4) is 17.1 Å². The van der Waals surface area contributed by atoms with Crippen molar-refractivity contribution in [3.63, 3.8) is 0 Å². The maximum Gasteiger partial charge on any atom is 0.295 e. The van der Waals surface area contributed by atoms with Gasteiger partial charge in [-0.1, -0.05) is 48.5 Å². The number of benzene rings is 2. The predicted octanol–water partition coefficient (Wildman–Crippen LogP) is 2.92. The second-order valence-electron chi connectivity index (χ2n) is 5.73. The molecule has 128 valence electrons. The zero-order chi connectivity index (χ0) is 17.9. The summed E-state index contributed by atoms with van der Waals surface area (Å²) in [5.41, 5.74) is 2.30. The summed E-state index contributed by atoms with van der Waals surface area (Å²) in [6.45, 7) is 0. The van der Waals surface area contributed by atoms with E-state index in [0.29, 0.717) is 11.5 Å². The molecule has 0 spiro atoms. The van der Waals surface area contributed by atoms with Crippen LogP contribution in [0.2, 0.25) is 0 Å². The topological polar surface area (TPSA) is 77.6 Å². The molecule has 4 aromatic rings. The maximum absolute atomic E-state index is 12.6. The van der Waals surface area contributed by atoms with Crippen molar-refractivity contribution < 1.29 is 4.79 Å². The number of nitrogens with one attached hydrogen (secondary N) is 1. The lowest BCUT2D eigenvalue weighted by atomic mass is 10.2. The van der Waals surface area contributed by atoms with Crippen LogP contribution in [0.1, 0.15) is 10.6 Å². The van der Waals surface area contributed by atoms with Crippen molar-refractivity contribution in [3.05, 3.63) is 78.9 Å². The molecule has 0 bridgehead atoms. The van der Waals surface area contributed by atoms with E-state index in [1.165, 1.54) is 0 Å². The van der Waals surface area contributed by atoms with Gasteiger partial charge in [0.1, 0.15) is 0 Å². The van der Waals surface area contributed by atoms with Gasteiger partial charge < -0.3 is 5.32 Å². The Kier molecular flexibility index (Phi) is 4.03. The van der Waals surface area contributed by atoms with Crippen LogP contribution in [-0.2, 0) is 7.05 Å². The first kappa shape index (κ1) is 15.8. The SMILES string of the molecule is Cn1cc(NC(=O)c2nc(-c3ccccc3)n(-c3ccccc3)n2)cn1. The van der Waals surface area contributed by atoms with E-state index in [2.05, 4.69) is 20.5 Å². The van der Waals surface area contributed by atoms with Crippen molar-refractivity contribution in [2.45, 2.75) is 0 Å². The molecule has 0 radical (unpaired) electrons. The number of amides is 1. The lowest BCUT2D eigenvalue weighted by Gasteiger charge is -2.05. The summed E-state index contributed by atoms with van der Waals surface area (Å²) < 4.78 is 3.29. The van der Waals surface area contributed by atoms with Crippen molar-refractivity contribution in [2.75, 3.05) is 5.32 Å². The van der Waals surface area contributed by atoms with E-state index in [4.69, 9.17) is 0 Å². The van der Waals surface area contributed by atoms with Gasteiger partial charge in [0.15, 0.2) is 5.82 Å². The van der Waals surface area contributed by atoms with Crippen molar-refractivity contribution in [1.82, 2.24) is 24.5 Å². The third-order valence-electron chi connectivity index (χ3n) is 3.81. The van der Waals surface area contributed by atoms with E-state index in [1.54, 1.807) is 28.8 Å². The van der Waals surface area contributed by atoms with Crippen LogP contribution in [0.4, 0.5) is 5.69 Å². The Hall–Kier alpha value is -3.74. The fourth-order valence-corrected chi connectivity index (χ4v) is 2.60. The van der Waals surface area contributed by atoms with Crippen LogP contribution in [0.25, 0.3) is 17.1 Å². The van der Waals surface area contributed by atoms with Gasteiger partial charge in [-0.2, -0.15) is 5.10 Å². The molecule has 0 fully saturated rings. The first-order valence-electron chi connectivity index (χ1n) is 8.08. The first-order valence-corrected chi connectivity index (χ1v) is 8.08. The summed E-state index contributed by atoms with van der Waals surface area (Å²) in [5, 5.41) is 11.2. The van der Waals surface area contributed by atoms with E-state index in [-0.39, 0.29) is 11.7 Å². The van der Waals surface area contributed by atoms with Crippen LogP contribution in [0.5, 0.6) is 0 Å². The summed E-state index contributed by atoms with van der Waals surface area (Å²) in [6, 6.07) is 19.3. The van der Waals surface area contributed by atoms with Gasteiger partial charge in [0.2, 0.25) is 5.82 Å². The van der Waals surface area contributed by atoms with Crippen molar-refractivity contribution >= 4 is 11.6 Å². The molecule has 1 N–H and O–H groups in total. The van der Waals surface area contributed by atoms with Gasteiger partial charge in [-0.3, -0.25) is 9.48 Å². The van der Waals surface area contributed by atoms with Gasteiger partial charge in [-0.15, -0.1) is 5.10 Å². The Balaban J connectivity index is 1.75. The molecular formula is C19H16N6O. The second-order valence-corrected chi connectivity index (χ2v) is 5.73. The number of hydrogen-bond donors (Lipinski definition) is 1. The number of hydrogen-bond acceptors (Lipinski definition) is 4. The van der Waals surface area contributed by atoms with Crippen LogP contribution in [0.3, 0.4) is 0 Å². The Bertz CT molecular complexity index is 979. The fourth-order valence-electron chi connectivity index (χ4n) is 2.60. The number of nitrogens with zero attached hydrogens (tertiary/aromatic N) is 5. The molecule has 7 nitrogen and oxygen atoms in total. The Morgan fingerprint density at radius 2 is 1.69 bits per heavy atom. The second kappa shape index (κ2) is 6.64. The number of para-hydroxylation sites is 1. The van der Waals surface area contributed by atoms with Gasteiger partial charge in [-0.25, -0.2) is 9.67 Å².